The fraction of sp³-hybridized carbons (Fsp3) is 0.333. The van der Waals surface area contributed by atoms with Crippen LogP contribution in [0.2, 0.25) is 0 Å². The third kappa shape index (κ3) is 3.46. The van der Waals surface area contributed by atoms with Gasteiger partial charge in [0.1, 0.15) is 6.07 Å². The Morgan fingerprint density at radius 1 is 1.89 bits per heavy atom. The second-order valence-electron chi connectivity index (χ2n) is 1.24. The van der Waals surface area contributed by atoms with Crippen LogP contribution in [0.1, 0.15) is 1.43 Å². The van der Waals surface area contributed by atoms with Crippen LogP contribution in [0.4, 0.5) is 0 Å². The molecule has 0 bridgehead atoms. The van der Waals surface area contributed by atoms with Crippen LogP contribution in [0, 0.1) is 11.3 Å². The van der Waals surface area contributed by atoms with E-state index in [0.717, 1.165) is 6.07 Å². The predicted octanol–water partition coefficient (Wildman–Crippen LogP) is -5.24. The van der Waals surface area contributed by atoms with Crippen molar-refractivity contribution in [3.63, 3.8) is 0 Å². The molecule has 0 saturated carbocycles. The maximum atomic E-state index is 9.88. The van der Waals surface area contributed by atoms with Crippen LogP contribution in [-0.2, 0) is 4.79 Å². The van der Waals surface area contributed by atoms with E-state index in [9.17, 15) is 4.79 Å². The van der Waals surface area contributed by atoms with Crippen molar-refractivity contribution in [3.8, 4) is 6.07 Å². The first-order chi connectivity index (χ1) is 3.50. The number of hydrogen-bond donors (Lipinski definition) is 3. The molecular formula is C3H6N3NaO2. The van der Waals surface area contributed by atoms with Gasteiger partial charge >= 0.3 is 29.6 Å². The van der Waals surface area contributed by atoms with Crippen LogP contribution in [0.3, 0.4) is 0 Å². The Morgan fingerprint density at radius 3 is 2.22 bits per heavy atom. The predicted molar refractivity (Wildman–Crippen MR) is 25.1 cm³/mol. The number of nitriles is 1. The third-order valence-corrected chi connectivity index (χ3v) is 0.546. The standard InChI is InChI=1S/C3H5N3O2.Na.H/c4-1-3(6,8)2(5)7;;/h8H,6H2,(H2,5,7);;/q;+1;-1. The number of primary amides is 1. The molecule has 0 fully saturated rings. The maximum Gasteiger partial charge on any atom is 1.00 e. The molecule has 46 valence electrons. The monoisotopic (exact) mass is 139 g/mol. The first-order valence-electron chi connectivity index (χ1n) is 1.73. The van der Waals surface area contributed by atoms with Gasteiger partial charge in [-0.1, -0.05) is 0 Å². The number of carbonyl (C=O) groups is 1. The van der Waals surface area contributed by atoms with Crippen molar-refractivity contribution in [1.82, 2.24) is 0 Å². The maximum absolute atomic E-state index is 9.88. The normalized spacial score (nSPS) is 14.3. The summed E-state index contributed by atoms with van der Waals surface area (Å²) in [6.07, 6.45) is 0. The Hall–Kier alpha value is -0.120. The average molecular weight is 139 g/mol. The summed E-state index contributed by atoms with van der Waals surface area (Å²) in [6, 6.07) is 1.10. The number of nitrogens with zero attached hydrogens (tertiary/aromatic N) is 1. The average Bonchev–Trinajstić information content (AvgIpc) is 1.67. The molecule has 0 radical (unpaired) electrons. The van der Waals surface area contributed by atoms with Gasteiger partial charge in [-0.2, -0.15) is 5.26 Å². The zero-order chi connectivity index (χ0) is 6.78. The summed E-state index contributed by atoms with van der Waals surface area (Å²) in [5.74, 6) is -1.25. The molecular weight excluding hydrogens is 133 g/mol. The molecule has 1 amide bonds. The molecule has 0 aromatic heterocycles. The molecule has 0 spiro atoms. The van der Waals surface area contributed by atoms with Gasteiger partial charge in [-0.05, 0) is 0 Å². The number of rotatable bonds is 1. The summed E-state index contributed by atoms with van der Waals surface area (Å²) in [5.41, 5.74) is 6.51. The van der Waals surface area contributed by atoms with E-state index >= 15 is 0 Å². The number of carbonyl (C=O) groups excluding carboxylic acids is 1. The minimum Gasteiger partial charge on any atom is -1.00 e. The summed E-state index contributed by atoms with van der Waals surface area (Å²) in [7, 11) is 0. The molecule has 0 aliphatic rings. The summed E-state index contributed by atoms with van der Waals surface area (Å²) in [6.45, 7) is 0. The zero-order valence-corrected chi connectivity index (χ0v) is 6.96. The molecule has 1 unspecified atom stereocenters. The van der Waals surface area contributed by atoms with Crippen LogP contribution < -0.4 is 41.0 Å². The minimum atomic E-state index is -2.51. The van der Waals surface area contributed by atoms with E-state index < -0.39 is 11.6 Å². The molecule has 6 heteroatoms. The van der Waals surface area contributed by atoms with Gasteiger partial charge in [0.25, 0.3) is 11.6 Å². The smallest absolute Gasteiger partial charge is 1.00 e. The quantitative estimate of drug-likeness (QED) is 0.191. The topological polar surface area (TPSA) is 113 Å². The van der Waals surface area contributed by atoms with Gasteiger partial charge in [0, 0.05) is 0 Å². The van der Waals surface area contributed by atoms with E-state index in [1.165, 1.54) is 0 Å². The first-order valence-corrected chi connectivity index (χ1v) is 1.73. The fourth-order valence-electron chi connectivity index (χ4n) is 0.0551. The van der Waals surface area contributed by atoms with Crippen LogP contribution in [0.15, 0.2) is 0 Å². The van der Waals surface area contributed by atoms with Crippen molar-refractivity contribution in [2.75, 3.05) is 0 Å². The van der Waals surface area contributed by atoms with Crippen molar-refractivity contribution in [3.05, 3.63) is 0 Å². The molecule has 0 aromatic carbocycles. The SMILES string of the molecule is N#CC(N)(O)C(N)=O.[H-].[Na+]. The fourth-order valence-corrected chi connectivity index (χ4v) is 0.0551. The molecule has 0 saturated heterocycles. The number of aliphatic hydroxyl groups is 1. The van der Waals surface area contributed by atoms with Crippen LogP contribution >= 0.6 is 0 Å². The van der Waals surface area contributed by atoms with Gasteiger partial charge in [-0.25, -0.2) is 0 Å². The van der Waals surface area contributed by atoms with Gasteiger partial charge in [0.15, 0.2) is 0 Å². The van der Waals surface area contributed by atoms with Gasteiger partial charge in [-0.3, -0.25) is 10.5 Å². The van der Waals surface area contributed by atoms with Crippen molar-refractivity contribution in [2.24, 2.45) is 11.5 Å². The summed E-state index contributed by atoms with van der Waals surface area (Å²) in [4.78, 5) is 9.88. The van der Waals surface area contributed by atoms with Crippen molar-refractivity contribution < 1.29 is 40.9 Å². The van der Waals surface area contributed by atoms with Crippen molar-refractivity contribution >= 4 is 5.91 Å². The first kappa shape index (κ1) is 11.6. The summed E-state index contributed by atoms with van der Waals surface area (Å²) in [5, 5.41) is 16.2. The summed E-state index contributed by atoms with van der Waals surface area (Å²) < 4.78 is 0. The number of amides is 1. The molecule has 5 N–H and O–H groups in total. The Kier molecular flexibility index (Phi) is 4.95. The van der Waals surface area contributed by atoms with Gasteiger partial charge < -0.3 is 12.3 Å². The van der Waals surface area contributed by atoms with Gasteiger partial charge in [0.2, 0.25) is 0 Å². The van der Waals surface area contributed by atoms with Crippen LogP contribution in [0.25, 0.3) is 0 Å². The summed E-state index contributed by atoms with van der Waals surface area (Å²) >= 11 is 0. The molecule has 0 heterocycles. The van der Waals surface area contributed by atoms with E-state index in [1.54, 1.807) is 0 Å². The Labute approximate surface area is 75.4 Å². The molecule has 9 heavy (non-hydrogen) atoms. The zero-order valence-electron chi connectivity index (χ0n) is 5.96. The minimum absolute atomic E-state index is 0. The largest absolute Gasteiger partial charge is 1.00 e. The van der Waals surface area contributed by atoms with E-state index in [2.05, 4.69) is 11.5 Å². The van der Waals surface area contributed by atoms with Crippen molar-refractivity contribution in [1.29, 1.82) is 5.26 Å². The van der Waals surface area contributed by atoms with Crippen LogP contribution in [0.5, 0.6) is 0 Å². The van der Waals surface area contributed by atoms with Crippen LogP contribution in [-0.4, -0.2) is 16.7 Å². The van der Waals surface area contributed by atoms with Crippen molar-refractivity contribution in [2.45, 2.75) is 5.72 Å². The molecule has 0 rings (SSSR count). The van der Waals surface area contributed by atoms with Gasteiger partial charge in [0.05, 0.1) is 0 Å². The number of nitrogens with two attached hydrogens (primary N) is 2. The Balaban J connectivity index is -0.000000245. The van der Waals surface area contributed by atoms with E-state index in [-0.39, 0.29) is 31.0 Å². The Bertz CT molecular complexity index is 154. The van der Waals surface area contributed by atoms with E-state index in [1.807, 2.05) is 0 Å². The van der Waals surface area contributed by atoms with Gasteiger partial charge in [-0.15, -0.1) is 0 Å². The Morgan fingerprint density at radius 2 is 2.22 bits per heavy atom. The second kappa shape index (κ2) is 3.82. The molecule has 5 nitrogen and oxygen atoms in total. The molecule has 1 atom stereocenters. The molecule has 0 aliphatic carbocycles. The molecule has 0 aliphatic heterocycles. The van der Waals surface area contributed by atoms with E-state index in [4.69, 9.17) is 10.4 Å². The third-order valence-electron chi connectivity index (χ3n) is 0.546. The number of hydrogen-bond acceptors (Lipinski definition) is 4. The van der Waals surface area contributed by atoms with E-state index in [0.29, 0.717) is 0 Å². The molecule has 0 aromatic rings. The second-order valence-corrected chi connectivity index (χ2v) is 1.24.